The van der Waals surface area contributed by atoms with E-state index in [0.29, 0.717) is 0 Å². The highest BCUT2D eigenvalue weighted by molar-refractivity contribution is 5.90. The number of hydrogen-bond donors (Lipinski definition) is 0. The molecule has 0 bridgehead atoms. The van der Waals surface area contributed by atoms with Crippen LogP contribution in [0.1, 0.15) is 33.4 Å². The highest BCUT2D eigenvalue weighted by atomic mass is 16.1. The Labute approximate surface area is 121 Å². The Morgan fingerprint density at radius 1 is 0.700 bits per heavy atom. The quantitative estimate of drug-likeness (QED) is 0.587. The van der Waals surface area contributed by atoms with Crippen molar-refractivity contribution in [1.82, 2.24) is 0 Å². The fourth-order valence-electron chi connectivity index (χ4n) is 2.69. The molecule has 0 saturated carbocycles. The van der Waals surface area contributed by atoms with Crippen LogP contribution in [0.3, 0.4) is 0 Å². The van der Waals surface area contributed by atoms with Crippen molar-refractivity contribution < 1.29 is 4.79 Å². The third kappa shape index (κ3) is 3.24. The molecule has 0 aliphatic rings. The molecule has 2 aromatic carbocycles. The first-order valence-electron chi connectivity index (χ1n) is 6.82. The van der Waals surface area contributed by atoms with Gasteiger partial charge in [-0.3, -0.25) is 4.79 Å². The van der Waals surface area contributed by atoms with Gasteiger partial charge < -0.3 is 0 Å². The molecule has 0 amide bonds. The topological polar surface area (TPSA) is 17.1 Å². The van der Waals surface area contributed by atoms with Gasteiger partial charge in [0.05, 0.1) is 0 Å². The zero-order valence-corrected chi connectivity index (χ0v) is 12.5. The monoisotopic (exact) mass is 264 g/mol. The predicted octanol–water partition coefficient (Wildman–Crippen LogP) is 4.55. The van der Waals surface area contributed by atoms with Crippen LogP contribution < -0.4 is 0 Å². The third-order valence-electron chi connectivity index (χ3n) is 3.30. The average molecular weight is 264 g/mol. The van der Waals surface area contributed by atoms with Gasteiger partial charge in [-0.05, 0) is 50.5 Å². The normalized spacial score (nSPS) is 10.2. The maximum atomic E-state index is 11.0. The van der Waals surface area contributed by atoms with Crippen molar-refractivity contribution in [2.75, 3.05) is 0 Å². The van der Waals surface area contributed by atoms with Crippen LogP contribution in [-0.4, -0.2) is 6.29 Å². The molecule has 0 atom stereocenters. The predicted molar refractivity (Wildman–Crippen MR) is 85.0 cm³/mol. The third-order valence-corrected chi connectivity index (χ3v) is 3.30. The molecular formula is C19H20O. The molecular weight excluding hydrogens is 244 g/mol. The van der Waals surface area contributed by atoms with Crippen molar-refractivity contribution in [2.24, 2.45) is 0 Å². The molecule has 0 N–H and O–H groups in total. The average Bonchev–Trinajstić information content (AvgIpc) is 2.33. The minimum absolute atomic E-state index is 0.866. The molecule has 0 aromatic heterocycles. The van der Waals surface area contributed by atoms with E-state index in [4.69, 9.17) is 0 Å². The van der Waals surface area contributed by atoms with Crippen LogP contribution in [0, 0.1) is 27.7 Å². The van der Waals surface area contributed by atoms with Crippen molar-refractivity contribution >= 4 is 11.9 Å². The molecule has 1 heteroatoms. The molecule has 0 aliphatic carbocycles. The van der Waals surface area contributed by atoms with E-state index in [1.54, 1.807) is 6.08 Å². The fraction of sp³-hybridized carbons (Fsp3) is 0.211. The van der Waals surface area contributed by atoms with Gasteiger partial charge in [0.25, 0.3) is 0 Å². The van der Waals surface area contributed by atoms with Crippen molar-refractivity contribution in [2.45, 2.75) is 27.7 Å². The summed E-state index contributed by atoms with van der Waals surface area (Å²) in [6.45, 7) is 8.32. The summed E-state index contributed by atoms with van der Waals surface area (Å²) in [5.74, 6) is 0. The Kier molecular flexibility index (Phi) is 4.19. The lowest BCUT2D eigenvalue weighted by molar-refractivity contribution is -0.104. The number of carbonyl (C=O) groups is 1. The number of allylic oxidation sites excluding steroid dienone is 1. The summed E-state index contributed by atoms with van der Waals surface area (Å²) in [5, 5.41) is 0. The standard InChI is InChI=1S/C19H20O/c1-13-7-14(2)10-17(9-13)19(5-6-20)18-11-15(3)8-16(4)12-18/h5-12H,1-4H3. The van der Waals surface area contributed by atoms with Crippen molar-refractivity contribution in [3.8, 4) is 0 Å². The maximum absolute atomic E-state index is 11.0. The second-order valence-electron chi connectivity index (χ2n) is 5.47. The van der Waals surface area contributed by atoms with Crippen LogP contribution in [0.15, 0.2) is 42.5 Å². The molecule has 0 aliphatic heterocycles. The van der Waals surface area contributed by atoms with E-state index in [2.05, 4.69) is 64.1 Å². The van der Waals surface area contributed by atoms with E-state index in [0.717, 1.165) is 23.0 Å². The Hall–Kier alpha value is -2.15. The lowest BCUT2D eigenvalue weighted by atomic mass is 9.93. The van der Waals surface area contributed by atoms with Crippen LogP contribution >= 0.6 is 0 Å². The Bertz CT molecular complexity index is 584. The zero-order valence-electron chi connectivity index (χ0n) is 12.5. The second kappa shape index (κ2) is 5.87. The van der Waals surface area contributed by atoms with Gasteiger partial charge in [-0.2, -0.15) is 0 Å². The molecule has 0 unspecified atom stereocenters. The summed E-state index contributed by atoms with van der Waals surface area (Å²) in [6, 6.07) is 12.8. The van der Waals surface area contributed by atoms with Gasteiger partial charge in [0.2, 0.25) is 0 Å². The summed E-state index contributed by atoms with van der Waals surface area (Å²) in [7, 11) is 0. The Balaban J connectivity index is 2.62. The van der Waals surface area contributed by atoms with E-state index >= 15 is 0 Å². The first-order chi connectivity index (χ1) is 9.49. The minimum atomic E-state index is 0.866. The highest BCUT2D eigenvalue weighted by Crippen LogP contribution is 2.26. The lowest BCUT2D eigenvalue weighted by Crippen LogP contribution is -1.93. The number of rotatable bonds is 3. The molecule has 0 fully saturated rings. The smallest absolute Gasteiger partial charge is 0.143 e. The molecule has 20 heavy (non-hydrogen) atoms. The van der Waals surface area contributed by atoms with Gasteiger partial charge in [-0.15, -0.1) is 0 Å². The van der Waals surface area contributed by atoms with Crippen molar-refractivity contribution in [3.63, 3.8) is 0 Å². The number of hydrogen-bond acceptors (Lipinski definition) is 1. The molecule has 102 valence electrons. The number of aldehydes is 1. The number of carbonyl (C=O) groups excluding carboxylic acids is 1. The summed E-state index contributed by atoms with van der Waals surface area (Å²) >= 11 is 0. The maximum Gasteiger partial charge on any atom is 0.143 e. The molecule has 2 aromatic rings. The first-order valence-corrected chi connectivity index (χ1v) is 6.82. The van der Waals surface area contributed by atoms with E-state index < -0.39 is 0 Å². The lowest BCUT2D eigenvalue weighted by Gasteiger charge is -2.11. The molecule has 2 rings (SSSR count). The number of benzene rings is 2. The van der Waals surface area contributed by atoms with Crippen LogP contribution in [0.5, 0.6) is 0 Å². The summed E-state index contributed by atoms with van der Waals surface area (Å²) < 4.78 is 0. The zero-order chi connectivity index (χ0) is 14.7. The largest absolute Gasteiger partial charge is 0.299 e. The van der Waals surface area contributed by atoms with Gasteiger partial charge >= 0.3 is 0 Å². The molecule has 0 spiro atoms. The van der Waals surface area contributed by atoms with Gasteiger partial charge in [0.1, 0.15) is 6.29 Å². The summed E-state index contributed by atoms with van der Waals surface area (Å²) in [5.41, 5.74) is 8.02. The van der Waals surface area contributed by atoms with Crippen molar-refractivity contribution in [3.05, 3.63) is 75.9 Å². The van der Waals surface area contributed by atoms with Crippen LogP contribution in [0.4, 0.5) is 0 Å². The molecule has 0 heterocycles. The SMILES string of the molecule is Cc1cc(C)cc(C(=CC=O)c2cc(C)cc(C)c2)c1. The van der Waals surface area contributed by atoms with E-state index in [-0.39, 0.29) is 0 Å². The first kappa shape index (κ1) is 14.3. The van der Waals surface area contributed by atoms with Gasteiger partial charge in [-0.1, -0.05) is 58.7 Å². The molecule has 0 radical (unpaired) electrons. The second-order valence-corrected chi connectivity index (χ2v) is 5.47. The van der Waals surface area contributed by atoms with Gasteiger partial charge in [0, 0.05) is 0 Å². The highest BCUT2D eigenvalue weighted by Gasteiger charge is 2.07. The fourth-order valence-corrected chi connectivity index (χ4v) is 2.69. The summed E-state index contributed by atoms with van der Waals surface area (Å²) in [6.07, 6.45) is 2.52. The van der Waals surface area contributed by atoms with Crippen LogP contribution in [-0.2, 0) is 4.79 Å². The Morgan fingerprint density at radius 2 is 1.05 bits per heavy atom. The van der Waals surface area contributed by atoms with Gasteiger partial charge in [-0.25, -0.2) is 0 Å². The van der Waals surface area contributed by atoms with Crippen LogP contribution in [0.25, 0.3) is 5.57 Å². The number of aryl methyl sites for hydroxylation is 4. The molecule has 0 saturated heterocycles. The van der Waals surface area contributed by atoms with E-state index in [9.17, 15) is 4.79 Å². The Morgan fingerprint density at radius 3 is 1.35 bits per heavy atom. The van der Waals surface area contributed by atoms with E-state index in [1.807, 2.05) is 0 Å². The van der Waals surface area contributed by atoms with Gasteiger partial charge in [0.15, 0.2) is 0 Å². The molecule has 1 nitrogen and oxygen atoms in total. The van der Waals surface area contributed by atoms with Crippen LogP contribution in [0.2, 0.25) is 0 Å². The van der Waals surface area contributed by atoms with Crippen molar-refractivity contribution in [1.29, 1.82) is 0 Å². The van der Waals surface area contributed by atoms with E-state index in [1.165, 1.54) is 22.3 Å². The minimum Gasteiger partial charge on any atom is -0.299 e. The summed E-state index contributed by atoms with van der Waals surface area (Å²) in [4.78, 5) is 11.0.